The molecule has 3 amide bonds. The lowest BCUT2D eigenvalue weighted by atomic mass is 10.0. The van der Waals surface area contributed by atoms with Crippen LogP contribution in [0.3, 0.4) is 0 Å². The minimum atomic E-state index is -1.65. The summed E-state index contributed by atoms with van der Waals surface area (Å²) in [4.78, 5) is 64.7. The summed E-state index contributed by atoms with van der Waals surface area (Å²) in [5, 5.41) is 3.41. The molecule has 4 N–H and O–H groups in total. The highest BCUT2D eigenvalue weighted by Gasteiger charge is 2.44. The fourth-order valence-corrected chi connectivity index (χ4v) is 4.29. The molecule has 0 aliphatic carbocycles. The number of fused-ring (bicyclic) bond motifs is 1. The summed E-state index contributed by atoms with van der Waals surface area (Å²) in [6, 6.07) is 20.8. The first-order chi connectivity index (χ1) is 20.8. The van der Waals surface area contributed by atoms with E-state index >= 15 is 0 Å². The van der Waals surface area contributed by atoms with E-state index in [1.54, 1.807) is 62.4 Å². The Morgan fingerprint density at radius 1 is 0.909 bits per heavy atom. The highest BCUT2D eigenvalue weighted by molar-refractivity contribution is 6.32. The van der Waals surface area contributed by atoms with Crippen LogP contribution in [0.4, 0.5) is 9.59 Å². The standard InChI is InChI=1S/C31H32ClN5O7/c1-30(2,36-28(40)42-17-19-11-7-5-8-12-19)27(39)44-37(29(41)43-18-20-13-9-6-10-14-20)31(3,4)26-34-23-16-21(32)15-22(25(33)38)24(23)35-26/h5-16H,17-18H2,1-4H3,(H2,33,38)(H,34,35)(H,36,40). The minimum absolute atomic E-state index is 0.0217. The number of nitrogens with zero attached hydrogens (tertiary/aromatic N) is 2. The Hall–Kier alpha value is -5.10. The van der Waals surface area contributed by atoms with E-state index in [9.17, 15) is 19.2 Å². The van der Waals surface area contributed by atoms with Gasteiger partial charge in [0, 0.05) is 5.02 Å². The first-order valence-electron chi connectivity index (χ1n) is 13.5. The van der Waals surface area contributed by atoms with Gasteiger partial charge < -0.3 is 30.3 Å². The number of benzene rings is 3. The lowest BCUT2D eigenvalue weighted by Crippen LogP contribution is -2.55. The summed E-state index contributed by atoms with van der Waals surface area (Å²) in [6.45, 7) is 5.72. The summed E-state index contributed by atoms with van der Waals surface area (Å²) < 4.78 is 10.7. The van der Waals surface area contributed by atoms with Crippen LogP contribution >= 0.6 is 11.6 Å². The molecular formula is C31H32ClN5O7. The molecule has 0 aliphatic heterocycles. The van der Waals surface area contributed by atoms with E-state index in [1.807, 2.05) is 12.1 Å². The number of ether oxygens (including phenoxy) is 2. The van der Waals surface area contributed by atoms with Crippen molar-refractivity contribution in [2.45, 2.75) is 52.0 Å². The zero-order valence-corrected chi connectivity index (χ0v) is 25.3. The van der Waals surface area contributed by atoms with Crippen molar-refractivity contribution in [3.05, 3.63) is 100 Å². The van der Waals surface area contributed by atoms with Crippen LogP contribution in [-0.2, 0) is 37.9 Å². The molecule has 3 aromatic carbocycles. The van der Waals surface area contributed by atoms with Gasteiger partial charge in [-0.3, -0.25) is 4.79 Å². The number of nitrogens with two attached hydrogens (primary N) is 1. The number of H-pyrrole nitrogens is 1. The maximum atomic E-state index is 13.5. The fraction of sp³-hybridized carbons (Fsp3) is 0.258. The van der Waals surface area contributed by atoms with E-state index in [4.69, 9.17) is 31.6 Å². The van der Waals surface area contributed by atoms with E-state index in [0.29, 0.717) is 16.1 Å². The van der Waals surface area contributed by atoms with Crippen molar-refractivity contribution in [2.75, 3.05) is 0 Å². The van der Waals surface area contributed by atoms with Gasteiger partial charge >= 0.3 is 18.2 Å². The number of carbonyl (C=O) groups is 4. The van der Waals surface area contributed by atoms with Gasteiger partial charge in [0.1, 0.15) is 35.6 Å². The number of amides is 3. The normalized spacial score (nSPS) is 11.5. The van der Waals surface area contributed by atoms with E-state index in [0.717, 1.165) is 5.56 Å². The van der Waals surface area contributed by atoms with Gasteiger partial charge in [-0.15, -0.1) is 5.06 Å². The van der Waals surface area contributed by atoms with Gasteiger partial charge in [-0.25, -0.2) is 19.4 Å². The molecule has 0 saturated carbocycles. The van der Waals surface area contributed by atoms with Crippen molar-refractivity contribution in [3.8, 4) is 0 Å². The SMILES string of the molecule is CC(C)(NC(=O)OCc1ccccc1)C(=O)ON(C(=O)OCc1ccccc1)C(C)(C)c1nc2c(C(N)=O)cc(Cl)cc2[nH]1. The predicted octanol–water partition coefficient (Wildman–Crippen LogP) is 5.35. The number of hydrogen-bond acceptors (Lipinski definition) is 8. The average Bonchev–Trinajstić information content (AvgIpc) is 3.42. The summed E-state index contributed by atoms with van der Waals surface area (Å²) in [5.41, 5.74) is 4.44. The monoisotopic (exact) mass is 621 g/mol. The smallest absolute Gasteiger partial charge is 0.444 e. The van der Waals surface area contributed by atoms with Gasteiger partial charge in [0.25, 0.3) is 5.91 Å². The van der Waals surface area contributed by atoms with Crippen LogP contribution in [0.25, 0.3) is 11.0 Å². The minimum Gasteiger partial charge on any atom is -0.445 e. The van der Waals surface area contributed by atoms with Crippen LogP contribution in [0.5, 0.6) is 0 Å². The molecule has 4 rings (SSSR count). The summed E-state index contributed by atoms with van der Waals surface area (Å²) in [5.74, 6) is -1.64. The molecule has 0 bridgehead atoms. The lowest BCUT2D eigenvalue weighted by Gasteiger charge is -2.35. The summed E-state index contributed by atoms with van der Waals surface area (Å²) in [6.07, 6.45) is -1.90. The second-order valence-corrected chi connectivity index (χ2v) is 11.3. The van der Waals surface area contributed by atoms with E-state index < -0.39 is 35.1 Å². The molecular weight excluding hydrogens is 590 g/mol. The molecule has 0 spiro atoms. The number of carbonyl (C=O) groups excluding carboxylic acids is 4. The van der Waals surface area contributed by atoms with Crippen LogP contribution in [0.1, 0.15) is 55.0 Å². The van der Waals surface area contributed by atoms with Gasteiger partial charge in [-0.1, -0.05) is 72.3 Å². The summed E-state index contributed by atoms with van der Waals surface area (Å²) >= 11 is 6.17. The maximum Gasteiger partial charge on any atom is 0.444 e. The highest BCUT2D eigenvalue weighted by atomic mass is 35.5. The Morgan fingerprint density at radius 2 is 1.48 bits per heavy atom. The number of primary amides is 1. The van der Waals surface area contributed by atoms with E-state index in [-0.39, 0.29) is 35.1 Å². The number of rotatable bonds is 9. The largest absolute Gasteiger partial charge is 0.445 e. The Bertz CT molecular complexity index is 1670. The molecule has 0 atom stereocenters. The van der Waals surface area contributed by atoms with E-state index in [2.05, 4.69) is 15.3 Å². The Kier molecular flexibility index (Phi) is 9.43. The topological polar surface area (TPSA) is 166 Å². The number of hydrogen-bond donors (Lipinski definition) is 3. The first-order valence-corrected chi connectivity index (χ1v) is 13.9. The molecule has 44 heavy (non-hydrogen) atoms. The molecule has 230 valence electrons. The fourth-order valence-electron chi connectivity index (χ4n) is 4.08. The van der Waals surface area contributed by atoms with Gasteiger partial charge in [0.15, 0.2) is 0 Å². The number of aromatic nitrogens is 2. The number of alkyl carbamates (subject to hydrolysis) is 1. The second-order valence-electron chi connectivity index (χ2n) is 10.9. The van der Waals surface area contributed by atoms with Gasteiger partial charge in [-0.05, 0) is 51.0 Å². The third-order valence-corrected chi connectivity index (χ3v) is 6.81. The van der Waals surface area contributed by atoms with Crippen LogP contribution in [-0.4, -0.2) is 44.6 Å². The first kappa shape index (κ1) is 31.8. The third-order valence-electron chi connectivity index (χ3n) is 6.59. The molecule has 0 saturated heterocycles. The number of nitrogens with one attached hydrogen (secondary N) is 2. The Labute approximate surface area is 258 Å². The van der Waals surface area contributed by atoms with Crippen LogP contribution in [0, 0.1) is 0 Å². The number of halogens is 1. The highest BCUT2D eigenvalue weighted by Crippen LogP contribution is 2.32. The number of aromatic amines is 1. The van der Waals surface area contributed by atoms with Gasteiger partial charge in [-0.2, -0.15) is 0 Å². The van der Waals surface area contributed by atoms with Gasteiger partial charge in [0.2, 0.25) is 0 Å². The number of imidazole rings is 1. The van der Waals surface area contributed by atoms with Crippen molar-refractivity contribution < 1.29 is 33.5 Å². The molecule has 4 aromatic rings. The molecule has 12 nitrogen and oxygen atoms in total. The van der Waals surface area contributed by atoms with Crippen LogP contribution in [0.2, 0.25) is 5.02 Å². The van der Waals surface area contributed by atoms with Crippen molar-refractivity contribution in [1.82, 2.24) is 20.3 Å². The maximum absolute atomic E-state index is 13.5. The average molecular weight is 622 g/mol. The number of hydroxylamine groups is 2. The third kappa shape index (κ3) is 7.45. The van der Waals surface area contributed by atoms with Crippen molar-refractivity contribution in [2.24, 2.45) is 5.73 Å². The van der Waals surface area contributed by atoms with Crippen LogP contribution in [0.15, 0.2) is 72.8 Å². The molecule has 1 aromatic heterocycles. The van der Waals surface area contributed by atoms with Crippen molar-refractivity contribution >= 4 is 46.7 Å². The van der Waals surface area contributed by atoms with E-state index in [1.165, 1.54) is 26.0 Å². The Morgan fingerprint density at radius 3 is 2.05 bits per heavy atom. The summed E-state index contributed by atoms with van der Waals surface area (Å²) in [7, 11) is 0. The quantitative estimate of drug-likeness (QED) is 0.210. The van der Waals surface area contributed by atoms with Gasteiger partial charge in [0.05, 0.1) is 11.1 Å². The molecule has 0 radical (unpaired) electrons. The second kappa shape index (κ2) is 13.0. The molecule has 13 heteroatoms. The predicted molar refractivity (Wildman–Crippen MR) is 161 cm³/mol. The Balaban J connectivity index is 1.59. The van der Waals surface area contributed by atoms with Crippen molar-refractivity contribution in [3.63, 3.8) is 0 Å². The van der Waals surface area contributed by atoms with Crippen LogP contribution < -0.4 is 11.1 Å². The molecule has 0 unspecified atom stereocenters. The molecule has 0 aliphatic rings. The van der Waals surface area contributed by atoms with Crippen molar-refractivity contribution in [1.29, 1.82) is 0 Å². The lowest BCUT2D eigenvalue weighted by molar-refractivity contribution is -0.211. The zero-order chi connectivity index (χ0) is 32.1. The zero-order valence-electron chi connectivity index (χ0n) is 24.5. The molecule has 1 heterocycles. The molecule has 0 fully saturated rings.